The normalized spacial score (nSPS) is 17.4. The van der Waals surface area contributed by atoms with E-state index in [4.69, 9.17) is 14.2 Å². The van der Waals surface area contributed by atoms with Crippen molar-refractivity contribution in [3.63, 3.8) is 0 Å². The number of fused-ring (bicyclic) bond motifs is 1. The van der Waals surface area contributed by atoms with E-state index in [1.807, 2.05) is 24.3 Å². The van der Waals surface area contributed by atoms with E-state index in [0.29, 0.717) is 16.8 Å². The smallest absolute Gasteiger partial charge is 0.308 e. The van der Waals surface area contributed by atoms with Crippen LogP contribution in [0.1, 0.15) is 52.2 Å². The van der Waals surface area contributed by atoms with Crippen molar-refractivity contribution < 1.29 is 28.2 Å². The van der Waals surface area contributed by atoms with Crippen molar-refractivity contribution in [2.75, 3.05) is 19.5 Å². The topological polar surface area (TPSA) is 73.9 Å². The van der Waals surface area contributed by atoms with Crippen LogP contribution in [0, 0.1) is 5.82 Å². The van der Waals surface area contributed by atoms with Gasteiger partial charge in [0.05, 0.1) is 17.5 Å². The fraction of sp³-hybridized carbons (Fsp3) is 0.231. The number of ketones is 1. The van der Waals surface area contributed by atoms with Gasteiger partial charge in [-0.3, -0.25) is 9.59 Å². The van der Waals surface area contributed by atoms with Gasteiger partial charge in [-0.1, -0.05) is 42.5 Å². The second-order valence-electron chi connectivity index (χ2n) is 7.76. The number of carbonyl (C=O) groups is 2. The van der Waals surface area contributed by atoms with Crippen molar-refractivity contribution in [1.29, 1.82) is 0 Å². The van der Waals surface area contributed by atoms with Crippen LogP contribution >= 0.6 is 0 Å². The number of hydrogen-bond donors (Lipinski definition) is 1. The number of nitrogens with one attached hydrogen (secondary N) is 1. The van der Waals surface area contributed by atoms with E-state index in [1.165, 1.54) is 19.1 Å². The van der Waals surface area contributed by atoms with E-state index >= 15 is 0 Å². The minimum Gasteiger partial charge on any atom is -0.426 e. The lowest BCUT2D eigenvalue weighted by molar-refractivity contribution is -0.131. The minimum absolute atomic E-state index is 0.196. The molecule has 0 aliphatic carbocycles. The summed E-state index contributed by atoms with van der Waals surface area (Å²) in [5.41, 5.74) is 3.21. The maximum atomic E-state index is 13.8. The standard InChI is InChI=1S/C26H24FNO5/c1-15(29)33-21-6-4-5-20-23(21)25(30)22(16-11-13-19(27)14-12-16)24(28-20)17-7-9-18(10-8-17)26(31-2)32-3/h4-14,22,24,26,28H,1-3H3. The molecule has 0 saturated carbocycles. The van der Waals surface area contributed by atoms with Crippen LogP contribution in [0.2, 0.25) is 0 Å². The Morgan fingerprint density at radius 1 is 0.939 bits per heavy atom. The molecule has 1 aliphatic heterocycles. The fourth-order valence-corrected chi connectivity index (χ4v) is 4.22. The predicted molar refractivity (Wildman–Crippen MR) is 121 cm³/mol. The van der Waals surface area contributed by atoms with Gasteiger partial charge < -0.3 is 19.5 Å². The molecule has 1 N–H and O–H groups in total. The molecule has 4 rings (SSSR count). The first-order chi connectivity index (χ1) is 15.9. The lowest BCUT2D eigenvalue weighted by Gasteiger charge is -2.35. The second kappa shape index (κ2) is 9.52. The van der Waals surface area contributed by atoms with E-state index in [0.717, 1.165) is 11.1 Å². The summed E-state index contributed by atoms with van der Waals surface area (Å²) in [7, 11) is 3.12. The molecule has 2 unspecified atom stereocenters. The number of ether oxygens (including phenoxy) is 3. The van der Waals surface area contributed by atoms with E-state index in [9.17, 15) is 14.0 Å². The maximum Gasteiger partial charge on any atom is 0.308 e. The first kappa shape index (κ1) is 22.6. The number of Topliss-reactive ketones (excluding diaryl/α,β-unsaturated/α-hetero) is 1. The summed E-state index contributed by atoms with van der Waals surface area (Å²) in [6, 6.07) is 18.1. The lowest BCUT2D eigenvalue weighted by Crippen LogP contribution is -2.32. The summed E-state index contributed by atoms with van der Waals surface area (Å²) in [6.07, 6.45) is -0.500. The van der Waals surface area contributed by atoms with E-state index in [1.54, 1.807) is 44.6 Å². The molecule has 0 bridgehead atoms. The average molecular weight is 449 g/mol. The number of anilines is 1. The third-order valence-electron chi connectivity index (χ3n) is 5.68. The fourth-order valence-electron chi connectivity index (χ4n) is 4.22. The van der Waals surface area contributed by atoms with Crippen molar-refractivity contribution in [1.82, 2.24) is 0 Å². The molecule has 1 aliphatic rings. The van der Waals surface area contributed by atoms with Crippen LogP contribution in [0.4, 0.5) is 10.1 Å². The SMILES string of the molecule is COC(OC)c1ccc(C2Nc3cccc(OC(C)=O)c3C(=O)C2c2ccc(F)cc2)cc1. The van der Waals surface area contributed by atoms with Crippen LogP contribution in [0.25, 0.3) is 0 Å². The molecule has 3 aromatic rings. The molecule has 0 fully saturated rings. The highest BCUT2D eigenvalue weighted by atomic mass is 19.1. The number of hydrogen-bond acceptors (Lipinski definition) is 6. The average Bonchev–Trinajstić information content (AvgIpc) is 2.81. The molecule has 7 heteroatoms. The number of halogens is 1. The molecule has 2 atom stereocenters. The molecular weight excluding hydrogens is 425 g/mol. The van der Waals surface area contributed by atoms with E-state index in [-0.39, 0.29) is 17.3 Å². The Labute approximate surface area is 191 Å². The van der Waals surface area contributed by atoms with Crippen LogP contribution in [0.5, 0.6) is 5.75 Å². The van der Waals surface area contributed by atoms with Crippen molar-refractivity contribution in [2.24, 2.45) is 0 Å². The largest absolute Gasteiger partial charge is 0.426 e. The highest BCUT2D eigenvalue weighted by Gasteiger charge is 2.39. The van der Waals surface area contributed by atoms with Gasteiger partial charge >= 0.3 is 5.97 Å². The summed E-state index contributed by atoms with van der Waals surface area (Å²) in [5, 5.41) is 3.43. The van der Waals surface area contributed by atoms with Gasteiger partial charge in [0.1, 0.15) is 11.6 Å². The molecule has 0 spiro atoms. The van der Waals surface area contributed by atoms with Gasteiger partial charge in [-0.25, -0.2) is 4.39 Å². The number of carbonyl (C=O) groups excluding carboxylic acids is 2. The molecule has 33 heavy (non-hydrogen) atoms. The maximum absolute atomic E-state index is 13.8. The van der Waals surface area contributed by atoms with Crippen molar-refractivity contribution in [3.8, 4) is 5.75 Å². The van der Waals surface area contributed by atoms with Gasteiger partial charge in [0.2, 0.25) is 0 Å². The van der Waals surface area contributed by atoms with Crippen molar-refractivity contribution >= 4 is 17.4 Å². The molecule has 0 aromatic heterocycles. The monoisotopic (exact) mass is 449 g/mol. The molecule has 0 saturated heterocycles. The molecule has 3 aromatic carbocycles. The summed E-state index contributed by atoms with van der Waals surface area (Å²) in [5.74, 6) is -1.59. The first-order valence-corrected chi connectivity index (χ1v) is 10.5. The Balaban J connectivity index is 1.81. The summed E-state index contributed by atoms with van der Waals surface area (Å²) in [4.78, 5) is 25.4. The third kappa shape index (κ3) is 4.51. The van der Waals surface area contributed by atoms with Gasteiger partial charge in [-0.05, 0) is 35.4 Å². The molecule has 0 radical (unpaired) electrons. The zero-order valence-corrected chi connectivity index (χ0v) is 18.5. The zero-order valence-electron chi connectivity index (χ0n) is 18.5. The zero-order chi connectivity index (χ0) is 23.5. The highest BCUT2D eigenvalue weighted by Crippen LogP contribution is 2.45. The Bertz CT molecular complexity index is 1160. The lowest BCUT2D eigenvalue weighted by atomic mass is 9.78. The van der Waals surface area contributed by atoms with E-state index < -0.39 is 24.2 Å². The molecule has 6 nitrogen and oxygen atoms in total. The van der Waals surface area contributed by atoms with Gasteiger partial charge in [0.25, 0.3) is 0 Å². The summed E-state index contributed by atoms with van der Waals surface area (Å²) in [6.45, 7) is 1.29. The van der Waals surface area contributed by atoms with Gasteiger partial charge in [-0.2, -0.15) is 0 Å². The van der Waals surface area contributed by atoms with Gasteiger partial charge in [0.15, 0.2) is 12.1 Å². The predicted octanol–water partition coefficient (Wildman–Crippen LogP) is 5.18. The highest BCUT2D eigenvalue weighted by molar-refractivity contribution is 6.10. The Morgan fingerprint density at radius 3 is 2.18 bits per heavy atom. The van der Waals surface area contributed by atoms with Crippen LogP contribution in [-0.4, -0.2) is 26.0 Å². The van der Waals surface area contributed by atoms with Gasteiger partial charge in [0, 0.05) is 32.4 Å². The van der Waals surface area contributed by atoms with Crippen molar-refractivity contribution in [3.05, 3.63) is 94.8 Å². The van der Waals surface area contributed by atoms with Crippen LogP contribution < -0.4 is 10.1 Å². The summed E-state index contributed by atoms with van der Waals surface area (Å²) < 4.78 is 29.6. The number of benzene rings is 3. The van der Waals surface area contributed by atoms with Crippen molar-refractivity contribution in [2.45, 2.75) is 25.2 Å². The first-order valence-electron chi connectivity index (χ1n) is 10.5. The van der Waals surface area contributed by atoms with Gasteiger partial charge in [-0.15, -0.1) is 0 Å². The van der Waals surface area contributed by atoms with Crippen LogP contribution in [0.3, 0.4) is 0 Å². The molecule has 0 amide bonds. The Kier molecular flexibility index (Phi) is 6.53. The van der Waals surface area contributed by atoms with E-state index in [2.05, 4.69) is 5.32 Å². The number of esters is 1. The molecule has 170 valence electrons. The molecule has 1 heterocycles. The second-order valence-corrected chi connectivity index (χ2v) is 7.76. The van der Waals surface area contributed by atoms with Crippen LogP contribution in [0.15, 0.2) is 66.7 Å². The number of rotatable bonds is 6. The third-order valence-corrected chi connectivity index (χ3v) is 5.68. The van der Waals surface area contributed by atoms with Crippen LogP contribution in [-0.2, 0) is 14.3 Å². The Hall–Kier alpha value is -3.55. The number of methoxy groups -OCH3 is 2. The molecular formula is C26H24FNO5. The minimum atomic E-state index is -0.665. The Morgan fingerprint density at radius 2 is 1.58 bits per heavy atom. The summed E-state index contributed by atoms with van der Waals surface area (Å²) >= 11 is 0. The quantitative estimate of drug-likeness (QED) is 0.318.